The summed E-state index contributed by atoms with van der Waals surface area (Å²) in [5.41, 5.74) is -0.589. The van der Waals surface area contributed by atoms with E-state index in [0.717, 1.165) is 37.5 Å². The molecule has 1 aliphatic carbocycles. The number of hydrogen-bond acceptors (Lipinski definition) is 3. The zero-order chi connectivity index (χ0) is 14.0. The fraction of sp³-hybridized carbons (Fsp3) is 0.462. The monoisotopic (exact) mass is 266 g/mol. The van der Waals surface area contributed by atoms with Crippen molar-refractivity contribution >= 4 is 11.6 Å². The lowest BCUT2D eigenvalue weighted by molar-refractivity contribution is -0.385. The van der Waals surface area contributed by atoms with Gasteiger partial charge in [0.25, 0.3) is 11.6 Å². The van der Waals surface area contributed by atoms with Crippen LogP contribution in [0.3, 0.4) is 0 Å². The number of amides is 1. The second-order valence-corrected chi connectivity index (χ2v) is 4.91. The molecule has 6 heteroatoms. The van der Waals surface area contributed by atoms with E-state index >= 15 is 0 Å². The average Bonchev–Trinajstić information content (AvgIpc) is 2.74. The molecule has 0 heterocycles. The van der Waals surface area contributed by atoms with Crippen molar-refractivity contribution in [2.45, 2.75) is 32.2 Å². The van der Waals surface area contributed by atoms with Crippen molar-refractivity contribution in [3.63, 3.8) is 0 Å². The fourth-order valence-electron chi connectivity index (χ4n) is 2.46. The highest BCUT2D eigenvalue weighted by Gasteiger charge is 2.28. The first-order chi connectivity index (χ1) is 8.99. The minimum atomic E-state index is -0.674. The Morgan fingerprint density at radius 2 is 2.21 bits per heavy atom. The predicted molar refractivity (Wildman–Crippen MR) is 67.3 cm³/mol. The zero-order valence-corrected chi connectivity index (χ0v) is 10.6. The number of nitrogens with one attached hydrogen (secondary N) is 1. The zero-order valence-electron chi connectivity index (χ0n) is 10.6. The Kier molecular flexibility index (Phi) is 3.78. The van der Waals surface area contributed by atoms with Crippen LogP contribution >= 0.6 is 0 Å². The van der Waals surface area contributed by atoms with E-state index in [-0.39, 0.29) is 17.3 Å². The molecule has 0 unspecified atom stereocenters. The van der Waals surface area contributed by atoms with Crippen LogP contribution in [-0.2, 0) is 0 Å². The summed E-state index contributed by atoms with van der Waals surface area (Å²) in [4.78, 5) is 22.2. The van der Waals surface area contributed by atoms with Gasteiger partial charge in [-0.1, -0.05) is 13.3 Å². The summed E-state index contributed by atoms with van der Waals surface area (Å²) in [6.07, 6.45) is 2.91. The van der Waals surface area contributed by atoms with Gasteiger partial charge in [0.1, 0.15) is 11.4 Å². The van der Waals surface area contributed by atoms with Gasteiger partial charge in [0, 0.05) is 12.1 Å². The Morgan fingerprint density at radius 3 is 2.79 bits per heavy atom. The molecule has 1 aromatic rings. The fourth-order valence-corrected chi connectivity index (χ4v) is 2.46. The Morgan fingerprint density at radius 1 is 1.47 bits per heavy atom. The van der Waals surface area contributed by atoms with E-state index in [2.05, 4.69) is 5.32 Å². The van der Waals surface area contributed by atoms with E-state index < -0.39 is 16.6 Å². The van der Waals surface area contributed by atoms with E-state index in [9.17, 15) is 19.3 Å². The Bertz CT molecular complexity index is 519. The third-order valence-electron chi connectivity index (χ3n) is 3.58. The summed E-state index contributed by atoms with van der Waals surface area (Å²) in [5.74, 6) is -0.892. The van der Waals surface area contributed by atoms with Crippen LogP contribution in [0.4, 0.5) is 10.1 Å². The molecule has 1 N–H and O–H groups in total. The maximum atomic E-state index is 13.2. The molecule has 0 saturated heterocycles. The Labute approximate surface area is 110 Å². The van der Waals surface area contributed by atoms with E-state index in [0.29, 0.717) is 5.92 Å². The summed E-state index contributed by atoms with van der Waals surface area (Å²) in [6.45, 7) is 2.03. The molecule has 1 amide bonds. The van der Waals surface area contributed by atoms with Crippen LogP contribution in [0.1, 0.15) is 36.5 Å². The largest absolute Gasteiger partial charge is 0.349 e. The molecule has 1 aliphatic rings. The maximum absolute atomic E-state index is 13.2. The molecular formula is C13H15FN2O3. The number of nitro benzene ring substituents is 1. The van der Waals surface area contributed by atoms with Crippen LogP contribution in [0.25, 0.3) is 0 Å². The van der Waals surface area contributed by atoms with Crippen LogP contribution in [0.2, 0.25) is 0 Å². The molecule has 0 radical (unpaired) electrons. The van der Waals surface area contributed by atoms with Crippen molar-refractivity contribution in [3.8, 4) is 0 Å². The number of halogens is 1. The molecular weight excluding hydrogens is 251 g/mol. The molecule has 1 aromatic carbocycles. The molecule has 5 nitrogen and oxygen atoms in total. The second-order valence-electron chi connectivity index (χ2n) is 4.91. The highest BCUT2D eigenvalue weighted by Crippen LogP contribution is 2.26. The van der Waals surface area contributed by atoms with E-state index in [1.165, 1.54) is 0 Å². The normalized spacial score (nSPS) is 22.2. The average molecular weight is 266 g/mol. The van der Waals surface area contributed by atoms with Crippen molar-refractivity contribution in [3.05, 3.63) is 39.7 Å². The van der Waals surface area contributed by atoms with E-state index in [4.69, 9.17) is 0 Å². The molecule has 102 valence electrons. The number of nitrogens with zero attached hydrogens (tertiary/aromatic N) is 1. The first-order valence-electron chi connectivity index (χ1n) is 6.24. The smallest absolute Gasteiger partial charge is 0.282 e. The maximum Gasteiger partial charge on any atom is 0.282 e. The number of rotatable bonds is 3. The predicted octanol–water partition coefficient (Wildman–Crippen LogP) is 2.65. The first kappa shape index (κ1) is 13.5. The van der Waals surface area contributed by atoms with Crippen molar-refractivity contribution < 1.29 is 14.1 Å². The third kappa shape index (κ3) is 2.89. The third-order valence-corrected chi connectivity index (χ3v) is 3.58. The topological polar surface area (TPSA) is 72.2 Å². The molecule has 0 aromatic heterocycles. The van der Waals surface area contributed by atoms with Gasteiger partial charge in [-0.2, -0.15) is 0 Å². The number of carbonyl (C=O) groups excluding carboxylic acids is 1. The molecule has 1 saturated carbocycles. The van der Waals surface area contributed by atoms with Gasteiger partial charge < -0.3 is 5.32 Å². The molecule has 0 bridgehead atoms. The van der Waals surface area contributed by atoms with Crippen LogP contribution in [-0.4, -0.2) is 16.9 Å². The van der Waals surface area contributed by atoms with Gasteiger partial charge in [-0.25, -0.2) is 4.39 Å². The van der Waals surface area contributed by atoms with Crippen molar-refractivity contribution in [2.75, 3.05) is 0 Å². The van der Waals surface area contributed by atoms with Gasteiger partial charge in [-0.05, 0) is 30.9 Å². The van der Waals surface area contributed by atoms with Gasteiger partial charge in [-0.15, -0.1) is 0 Å². The van der Waals surface area contributed by atoms with Crippen molar-refractivity contribution in [1.82, 2.24) is 5.32 Å². The highest BCUT2D eigenvalue weighted by atomic mass is 19.1. The molecule has 0 spiro atoms. The second kappa shape index (κ2) is 5.34. The number of carbonyl (C=O) groups is 1. The molecule has 1 fully saturated rings. The minimum Gasteiger partial charge on any atom is -0.349 e. The number of hydrogen-bond donors (Lipinski definition) is 1. The minimum absolute atomic E-state index is 0.00960. The van der Waals surface area contributed by atoms with Gasteiger partial charge in [0.2, 0.25) is 0 Å². The van der Waals surface area contributed by atoms with Gasteiger partial charge in [0.15, 0.2) is 0 Å². The van der Waals surface area contributed by atoms with Gasteiger partial charge >= 0.3 is 0 Å². The molecule has 2 atom stereocenters. The lowest BCUT2D eigenvalue weighted by Crippen LogP contribution is -2.36. The quantitative estimate of drug-likeness (QED) is 0.675. The first-order valence-corrected chi connectivity index (χ1v) is 6.24. The number of nitro groups is 1. The molecule has 2 rings (SSSR count). The molecule has 19 heavy (non-hydrogen) atoms. The van der Waals surface area contributed by atoms with Crippen molar-refractivity contribution in [2.24, 2.45) is 5.92 Å². The Balaban J connectivity index is 2.22. The van der Waals surface area contributed by atoms with Crippen LogP contribution < -0.4 is 5.32 Å². The SMILES string of the molecule is C[C@H]1CCC[C@@H]1NC(=O)c1cc(F)ccc1[N+](=O)[O-]. The summed E-state index contributed by atoms with van der Waals surface area (Å²) >= 11 is 0. The lowest BCUT2D eigenvalue weighted by atomic mass is 10.1. The lowest BCUT2D eigenvalue weighted by Gasteiger charge is -2.17. The Hall–Kier alpha value is -1.98. The summed E-state index contributed by atoms with van der Waals surface area (Å²) in [7, 11) is 0. The summed E-state index contributed by atoms with van der Waals surface area (Å²) < 4.78 is 13.2. The summed E-state index contributed by atoms with van der Waals surface area (Å²) in [6, 6.07) is 2.91. The van der Waals surface area contributed by atoms with E-state index in [1.54, 1.807) is 0 Å². The van der Waals surface area contributed by atoms with Crippen LogP contribution in [0, 0.1) is 21.8 Å². The highest BCUT2D eigenvalue weighted by molar-refractivity contribution is 5.98. The van der Waals surface area contributed by atoms with Gasteiger partial charge in [-0.3, -0.25) is 14.9 Å². The van der Waals surface area contributed by atoms with Crippen LogP contribution in [0.5, 0.6) is 0 Å². The van der Waals surface area contributed by atoms with Gasteiger partial charge in [0.05, 0.1) is 4.92 Å². The molecule has 0 aliphatic heterocycles. The van der Waals surface area contributed by atoms with Crippen molar-refractivity contribution in [1.29, 1.82) is 0 Å². The summed E-state index contributed by atoms with van der Waals surface area (Å²) in [5, 5.41) is 13.6. The van der Waals surface area contributed by atoms with E-state index in [1.807, 2.05) is 6.92 Å². The number of benzene rings is 1. The van der Waals surface area contributed by atoms with Crippen LogP contribution in [0.15, 0.2) is 18.2 Å². The standard InChI is InChI=1S/C13H15FN2O3/c1-8-3-2-4-11(8)15-13(17)10-7-9(14)5-6-12(10)16(18)19/h5-8,11H,2-4H2,1H3,(H,15,17)/t8-,11-/m0/s1.